The molecule has 7 nitrogen and oxygen atoms in total. The van der Waals surface area contributed by atoms with Crippen LogP contribution in [0, 0.1) is 11.3 Å². The maximum absolute atomic E-state index is 12.8. The van der Waals surface area contributed by atoms with Gasteiger partial charge in [0.1, 0.15) is 29.8 Å². The van der Waals surface area contributed by atoms with Crippen LogP contribution in [-0.4, -0.2) is 40.2 Å². The summed E-state index contributed by atoms with van der Waals surface area (Å²) in [6, 6.07) is 13.6. The van der Waals surface area contributed by atoms with Gasteiger partial charge in [0.25, 0.3) is 5.91 Å². The SMILES string of the molecule is CC(C)C1=NN2C(=N)/C(=C/c3cc(Cl)ccc3OCCOc3ccc(C4CCCCC4)cc3)C(=O)N=C2S1. The summed E-state index contributed by atoms with van der Waals surface area (Å²) in [5, 5.41) is 16.2. The van der Waals surface area contributed by atoms with Crippen molar-refractivity contribution in [3.63, 3.8) is 0 Å². The zero-order valence-corrected chi connectivity index (χ0v) is 23.1. The van der Waals surface area contributed by atoms with E-state index in [-0.39, 0.29) is 17.3 Å². The largest absolute Gasteiger partial charge is 0.490 e. The Morgan fingerprint density at radius 1 is 1.11 bits per heavy atom. The molecular formula is C29H31ClN4O3S. The van der Waals surface area contributed by atoms with Gasteiger partial charge in [-0.2, -0.15) is 15.1 Å². The van der Waals surface area contributed by atoms with Crippen LogP contribution < -0.4 is 9.47 Å². The molecule has 5 rings (SSSR count). The molecule has 0 saturated heterocycles. The number of ether oxygens (including phenoxy) is 2. The van der Waals surface area contributed by atoms with Gasteiger partial charge in [0.05, 0.1) is 5.57 Å². The topological polar surface area (TPSA) is 87.3 Å². The van der Waals surface area contributed by atoms with Crippen molar-refractivity contribution in [1.29, 1.82) is 5.41 Å². The van der Waals surface area contributed by atoms with Gasteiger partial charge in [-0.15, -0.1) is 0 Å². The molecule has 2 heterocycles. The van der Waals surface area contributed by atoms with E-state index in [9.17, 15) is 4.79 Å². The van der Waals surface area contributed by atoms with Crippen LogP contribution in [0.15, 0.2) is 58.1 Å². The predicted molar refractivity (Wildman–Crippen MR) is 155 cm³/mol. The maximum atomic E-state index is 12.8. The van der Waals surface area contributed by atoms with Crippen molar-refractivity contribution in [1.82, 2.24) is 5.01 Å². The molecule has 1 saturated carbocycles. The fourth-order valence-electron chi connectivity index (χ4n) is 4.74. The molecule has 1 aliphatic carbocycles. The molecule has 38 heavy (non-hydrogen) atoms. The second kappa shape index (κ2) is 11.7. The fraction of sp³-hybridized carbons (Fsp3) is 0.379. The Bertz CT molecular complexity index is 1310. The van der Waals surface area contributed by atoms with Crippen molar-refractivity contribution < 1.29 is 14.3 Å². The van der Waals surface area contributed by atoms with Crippen LogP contribution in [-0.2, 0) is 4.79 Å². The first kappa shape index (κ1) is 26.5. The molecule has 0 unspecified atom stereocenters. The molecule has 0 aromatic heterocycles. The Labute approximate surface area is 232 Å². The van der Waals surface area contributed by atoms with E-state index in [0.29, 0.717) is 40.6 Å². The molecular weight excluding hydrogens is 520 g/mol. The first-order valence-electron chi connectivity index (χ1n) is 13.0. The number of hydrazone groups is 1. The average Bonchev–Trinajstić information content (AvgIpc) is 3.35. The molecule has 1 N–H and O–H groups in total. The molecule has 2 aliphatic heterocycles. The summed E-state index contributed by atoms with van der Waals surface area (Å²) in [7, 11) is 0. The highest BCUT2D eigenvalue weighted by molar-refractivity contribution is 8.27. The van der Waals surface area contributed by atoms with Crippen molar-refractivity contribution in [3.8, 4) is 11.5 Å². The number of carbonyl (C=O) groups excluding carboxylic acids is 1. The molecule has 2 aromatic carbocycles. The predicted octanol–water partition coefficient (Wildman–Crippen LogP) is 7.12. The van der Waals surface area contributed by atoms with E-state index in [1.54, 1.807) is 24.3 Å². The first-order valence-corrected chi connectivity index (χ1v) is 14.2. The molecule has 198 valence electrons. The minimum absolute atomic E-state index is 0.0194. The Kier molecular flexibility index (Phi) is 8.19. The molecule has 2 aromatic rings. The van der Waals surface area contributed by atoms with Crippen LogP contribution in [0.5, 0.6) is 11.5 Å². The van der Waals surface area contributed by atoms with Gasteiger partial charge in [-0.25, -0.2) is 0 Å². The monoisotopic (exact) mass is 550 g/mol. The minimum atomic E-state index is -0.486. The van der Waals surface area contributed by atoms with Gasteiger partial charge in [0.2, 0.25) is 5.17 Å². The van der Waals surface area contributed by atoms with Gasteiger partial charge in [-0.1, -0.05) is 56.8 Å². The van der Waals surface area contributed by atoms with Crippen LogP contribution >= 0.6 is 23.4 Å². The van der Waals surface area contributed by atoms with Crippen LogP contribution in [0.3, 0.4) is 0 Å². The van der Waals surface area contributed by atoms with E-state index in [1.165, 1.54) is 54.4 Å². The molecule has 9 heteroatoms. The number of rotatable bonds is 8. The average molecular weight is 551 g/mol. The van der Waals surface area contributed by atoms with E-state index in [0.717, 1.165) is 10.8 Å². The maximum Gasteiger partial charge on any atom is 0.283 e. The van der Waals surface area contributed by atoms with Crippen LogP contribution in [0.4, 0.5) is 0 Å². The number of nitrogens with one attached hydrogen (secondary N) is 1. The first-order chi connectivity index (χ1) is 18.4. The lowest BCUT2D eigenvalue weighted by Crippen LogP contribution is -2.35. The Hall–Kier alpha value is -3.10. The van der Waals surface area contributed by atoms with E-state index in [1.807, 2.05) is 26.0 Å². The normalized spacial score (nSPS) is 19.1. The summed E-state index contributed by atoms with van der Waals surface area (Å²) in [4.78, 5) is 16.9. The zero-order valence-electron chi connectivity index (χ0n) is 21.6. The van der Waals surface area contributed by atoms with Crippen molar-refractivity contribution in [3.05, 3.63) is 64.2 Å². The molecule has 0 radical (unpaired) electrons. The number of aliphatic imine (C=N–C) groups is 1. The van der Waals surface area contributed by atoms with Crippen molar-refractivity contribution >= 4 is 51.4 Å². The van der Waals surface area contributed by atoms with Crippen molar-refractivity contribution in [2.24, 2.45) is 16.0 Å². The molecule has 1 fully saturated rings. The third kappa shape index (κ3) is 5.97. The third-order valence-electron chi connectivity index (χ3n) is 6.80. The lowest BCUT2D eigenvalue weighted by Gasteiger charge is -2.22. The van der Waals surface area contributed by atoms with Gasteiger partial charge in [-0.05, 0) is 72.5 Å². The number of hydrogen-bond donors (Lipinski definition) is 1. The van der Waals surface area contributed by atoms with Gasteiger partial charge < -0.3 is 9.47 Å². The second-order valence-corrected chi connectivity index (χ2v) is 11.3. The number of nitrogens with zero attached hydrogens (tertiary/aromatic N) is 3. The molecule has 0 spiro atoms. The number of amidine groups is 2. The Morgan fingerprint density at radius 3 is 2.58 bits per heavy atom. The number of amides is 1. The molecule has 0 atom stereocenters. The highest BCUT2D eigenvalue weighted by Gasteiger charge is 2.36. The summed E-state index contributed by atoms with van der Waals surface area (Å²) in [5.41, 5.74) is 2.11. The number of halogens is 1. The minimum Gasteiger partial charge on any atom is -0.490 e. The summed E-state index contributed by atoms with van der Waals surface area (Å²) < 4.78 is 11.9. The van der Waals surface area contributed by atoms with E-state index < -0.39 is 5.91 Å². The lowest BCUT2D eigenvalue weighted by molar-refractivity contribution is -0.114. The fourth-order valence-corrected chi connectivity index (χ4v) is 5.82. The van der Waals surface area contributed by atoms with Crippen LogP contribution in [0.25, 0.3) is 6.08 Å². The van der Waals surface area contributed by atoms with Crippen molar-refractivity contribution in [2.75, 3.05) is 13.2 Å². The van der Waals surface area contributed by atoms with Gasteiger partial charge in [0.15, 0.2) is 5.84 Å². The molecule has 0 bridgehead atoms. The van der Waals surface area contributed by atoms with Gasteiger partial charge in [0, 0.05) is 16.5 Å². The van der Waals surface area contributed by atoms with Gasteiger partial charge in [-0.3, -0.25) is 10.2 Å². The summed E-state index contributed by atoms with van der Waals surface area (Å²) in [6.45, 7) is 4.69. The summed E-state index contributed by atoms with van der Waals surface area (Å²) >= 11 is 7.57. The van der Waals surface area contributed by atoms with Gasteiger partial charge >= 0.3 is 0 Å². The summed E-state index contributed by atoms with van der Waals surface area (Å²) in [6.07, 6.45) is 8.12. The number of hydrogen-bond acceptors (Lipinski definition) is 6. The number of thioether (sulfide) groups is 1. The highest BCUT2D eigenvalue weighted by Crippen LogP contribution is 2.34. The van der Waals surface area contributed by atoms with Crippen molar-refractivity contribution in [2.45, 2.75) is 51.9 Å². The smallest absolute Gasteiger partial charge is 0.283 e. The number of fused-ring (bicyclic) bond motifs is 1. The highest BCUT2D eigenvalue weighted by atomic mass is 35.5. The Balaban J connectivity index is 1.23. The third-order valence-corrected chi connectivity index (χ3v) is 8.25. The van der Waals surface area contributed by atoms with E-state index in [2.05, 4.69) is 22.2 Å². The number of carbonyl (C=O) groups is 1. The van der Waals surface area contributed by atoms with Crippen LogP contribution in [0.1, 0.15) is 63.0 Å². The van der Waals surface area contributed by atoms with E-state index >= 15 is 0 Å². The number of benzene rings is 2. The molecule has 1 amide bonds. The standard InChI is InChI=1S/C29H31ClN4O3S/c1-18(2)28-33-34-26(31)24(27(35)32-29(34)38-28)17-21-16-22(30)10-13-25(21)37-15-14-36-23-11-8-20(9-12-23)19-6-4-3-5-7-19/h8-13,16-19,31H,3-7,14-15H2,1-2H3/b24-17-,31-26?. The lowest BCUT2D eigenvalue weighted by atomic mass is 9.84. The molecule has 3 aliphatic rings. The van der Waals surface area contributed by atoms with E-state index in [4.69, 9.17) is 26.5 Å². The quantitative estimate of drug-likeness (QED) is 0.279. The summed E-state index contributed by atoms with van der Waals surface area (Å²) in [5.74, 6) is 1.69. The Morgan fingerprint density at radius 2 is 1.84 bits per heavy atom. The van der Waals surface area contributed by atoms with Crippen LogP contribution in [0.2, 0.25) is 5.02 Å². The second-order valence-electron chi connectivity index (χ2n) is 9.90. The zero-order chi connectivity index (χ0) is 26.6.